The van der Waals surface area contributed by atoms with Crippen LogP contribution in [0.1, 0.15) is 18.7 Å². The molecule has 0 saturated heterocycles. The van der Waals surface area contributed by atoms with E-state index in [1.807, 2.05) is 0 Å². The fourth-order valence-corrected chi connectivity index (χ4v) is 0.819. The molecule has 0 saturated carbocycles. The lowest BCUT2D eigenvalue weighted by Crippen LogP contribution is -2.21. The molecule has 0 aliphatic rings. The van der Waals surface area contributed by atoms with Crippen molar-refractivity contribution in [1.29, 1.82) is 0 Å². The maximum Gasteiger partial charge on any atom is 0.152 e. The van der Waals surface area contributed by atoms with E-state index in [2.05, 4.69) is 4.98 Å². The van der Waals surface area contributed by atoms with Crippen molar-refractivity contribution in [3.05, 3.63) is 29.8 Å². The van der Waals surface area contributed by atoms with Gasteiger partial charge in [0.1, 0.15) is 17.6 Å². The number of ketones is 1. The molecule has 0 amide bonds. The second-order valence-electron chi connectivity index (χ2n) is 2.46. The normalized spacial score (nSPS) is 12.6. The molecule has 1 aromatic rings. The summed E-state index contributed by atoms with van der Waals surface area (Å²) in [7, 11) is 0. The smallest absolute Gasteiger partial charge is 0.152 e. The Hall–Kier alpha value is -1.29. The molecule has 3 nitrogen and oxygen atoms in total. The van der Waals surface area contributed by atoms with Crippen molar-refractivity contribution >= 4 is 5.78 Å². The van der Waals surface area contributed by atoms with Gasteiger partial charge in [0.05, 0.1) is 0 Å². The molecular formula is C8H9FN2O. The highest BCUT2D eigenvalue weighted by atomic mass is 19.1. The molecule has 1 atom stereocenters. The maximum absolute atomic E-state index is 12.9. The van der Waals surface area contributed by atoms with Crippen LogP contribution in [0, 0.1) is 5.82 Å². The molecule has 0 aliphatic carbocycles. The van der Waals surface area contributed by atoms with Crippen LogP contribution < -0.4 is 5.73 Å². The zero-order valence-electron chi connectivity index (χ0n) is 6.62. The van der Waals surface area contributed by atoms with E-state index in [1.54, 1.807) is 0 Å². The van der Waals surface area contributed by atoms with E-state index in [-0.39, 0.29) is 11.5 Å². The summed E-state index contributed by atoms with van der Waals surface area (Å²) in [4.78, 5) is 14.4. The molecule has 0 fully saturated rings. The van der Waals surface area contributed by atoms with Crippen LogP contribution in [0.3, 0.4) is 0 Å². The number of hydrogen-bond donors (Lipinski definition) is 1. The lowest BCUT2D eigenvalue weighted by molar-refractivity contribution is -0.118. The molecule has 0 bridgehead atoms. The van der Waals surface area contributed by atoms with Crippen LogP contribution in [0.5, 0.6) is 0 Å². The van der Waals surface area contributed by atoms with E-state index in [4.69, 9.17) is 5.73 Å². The molecule has 1 aromatic heterocycles. The minimum Gasteiger partial charge on any atom is -0.316 e. The van der Waals surface area contributed by atoms with Gasteiger partial charge in [0.15, 0.2) is 5.78 Å². The lowest BCUT2D eigenvalue weighted by atomic mass is 10.1. The molecular weight excluding hydrogens is 159 g/mol. The lowest BCUT2D eigenvalue weighted by Gasteiger charge is -2.06. The maximum atomic E-state index is 12.9. The highest BCUT2D eigenvalue weighted by Gasteiger charge is 2.15. The van der Waals surface area contributed by atoms with Gasteiger partial charge >= 0.3 is 0 Å². The second kappa shape index (κ2) is 3.40. The first-order valence-corrected chi connectivity index (χ1v) is 3.49. The van der Waals surface area contributed by atoms with Gasteiger partial charge in [-0.25, -0.2) is 4.39 Å². The highest BCUT2D eigenvalue weighted by Crippen LogP contribution is 2.11. The molecule has 0 aromatic carbocycles. The van der Waals surface area contributed by atoms with E-state index in [0.29, 0.717) is 0 Å². The van der Waals surface area contributed by atoms with Crippen LogP contribution in [0.4, 0.5) is 4.39 Å². The number of hydrogen-bond acceptors (Lipinski definition) is 3. The van der Waals surface area contributed by atoms with Gasteiger partial charge in [-0.1, -0.05) is 0 Å². The van der Waals surface area contributed by atoms with Crippen molar-refractivity contribution < 1.29 is 9.18 Å². The zero-order valence-corrected chi connectivity index (χ0v) is 6.62. The van der Waals surface area contributed by atoms with Gasteiger partial charge < -0.3 is 5.73 Å². The van der Waals surface area contributed by atoms with E-state index >= 15 is 0 Å². The van der Waals surface area contributed by atoms with Crippen molar-refractivity contribution in [1.82, 2.24) is 4.98 Å². The molecule has 1 rings (SSSR count). The molecule has 1 unspecified atom stereocenters. The Morgan fingerprint density at radius 2 is 2.42 bits per heavy atom. The summed E-state index contributed by atoms with van der Waals surface area (Å²) in [5.74, 6) is -0.840. The highest BCUT2D eigenvalue weighted by molar-refractivity contribution is 5.82. The number of Topliss-reactive ketones (excluding diaryl/α,β-unsaturated/α-hetero) is 1. The molecule has 12 heavy (non-hydrogen) atoms. The van der Waals surface area contributed by atoms with Gasteiger partial charge in [0, 0.05) is 6.20 Å². The molecule has 1 heterocycles. The Morgan fingerprint density at radius 1 is 1.75 bits per heavy atom. The van der Waals surface area contributed by atoms with E-state index in [9.17, 15) is 9.18 Å². The Bertz CT molecular complexity index is 301. The molecule has 2 N–H and O–H groups in total. The number of nitrogens with two attached hydrogens (primary N) is 1. The predicted molar refractivity (Wildman–Crippen MR) is 41.8 cm³/mol. The van der Waals surface area contributed by atoms with Crippen molar-refractivity contribution in [2.45, 2.75) is 13.0 Å². The van der Waals surface area contributed by atoms with Crippen LogP contribution in [-0.2, 0) is 4.79 Å². The molecule has 64 valence electrons. The molecule has 0 spiro atoms. The van der Waals surface area contributed by atoms with Crippen LogP contribution >= 0.6 is 0 Å². The number of aromatic nitrogens is 1. The van der Waals surface area contributed by atoms with Crippen LogP contribution in [0.2, 0.25) is 0 Å². The summed E-state index contributed by atoms with van der Waals surface area (Å²) in [6.45, 7) is 1.30. The van der Waals surface area contributed by atoms with Gasteiger partial charge in [-0.05, 0) is 19.1 Å². The van der Waals surface area contributed by atoms with E-state index < -0.39 is 11.9 Å². The quantitative estimate of drug-likeness (QED) is 0.710. The summed E-state index contributed by atoms with van der Waals surface area (Å²) < 4.78 is 12.9. The number of nitrogens with zero attached hydrogens (tertiary/aromatic N) is 1. The monoisotopic (exact) mass is 168 g/mol. The first-order valence-electron chi connectivity index (χ1n) is 3.49. The molecule has 0 aliphatic heterocycles. The summed E-state index contributed by atoms with van der Waals surface area (Å²) in [6.07, 6.45) is 1.40. The Balaban J connectivity index is 3.02. The van der Waals surface area contributed by atoms with E-state index in [0.717, 1.165) is 0 Å². The van der Waals surface area contributed by atoms with Crippen molar-refractivity contribution in [2.24, 2.45) is 5.73 Å². The summed E-state index contributed by atoms with van der Waals surface area (Å²) in [6, 6.07) is 1.72. The number of pyridine rings is 1. The van der Waals surface area contributed by atoms with Gasteiger partial charge in [-0.15, -0.1) is 0 Å². The summed E-state index contributed by atoms with van der Waals surface area (Å²) in [5, 5.41) is 0. The first-order chi connectivity index (χ1) is 5.63. The SMILES string of the molecule is CC(=O)C(N)c1ncccc1F. The minimum atomic E-state index is -0.953. The third kappa shape index (κ3) is 1.65. The topological polar surface area (TPSA) is 56.0 Å². The fraction of sp³-hybridized carbons (Fsp3) is 0.250. The third-order valence-corrected chi connectivity index (χ3v) is 1.52. The number of carbonyl (C=O) groups is 1. The average molecular weight is 168 g/mol. The van der Waals surface area contributed by atoms with Crippen molar-refractivity contribution in [3.8, 4) is 0 Å². The van der Waals surface area contributed by atoms with Gasteiger partial charge in [0.25, 0.3) is 0 Å². The standard InChI is InChI=1S/C8H9FN2O/c1-5(12)7(10)8-6(9)3-2-4-11-8/h2-4,7H,10H2,1H3. The number of carbonyl (C=O) groups excluding carboxylic acids is 1. The summed E-state index contributed by atoms with van der Waals surface area (Å²) in [5.41, 5.74) is 5.39. The van der Waals surface area contributed by atoms with Crippen molar-refractivity contribution in [2.75, 3.05) is 0 Å². The molecule has 4 heteroatoms. The fourth-order valence-electron chi connectivity index (χ4n) is 0.819. The summed E-state index contributed by atoms with van der Waals surface area (Å²) >= 11 is 0. The van der Waals surface area contributed by atoms with Gasteiger partial charge in [0.2, 0.25) is 0 Å². The average Bonchev–Trinajstić information content (AvgIpc) is 2.04. The van der Waals surface area contributed by atoms with E-state index in [1.165, 1.54) is 25.3 Å². The first kappa shape index (κ1) is 8.80. The Labute approximate surface area is 69.4 Å². The minimum absolute atomic E-state index is 0.00463. The third-order valence-electron chi connectivity index (χ3n) is 1.52. The van der Waals surface area contributed by atoms with Crippen molar-refractivity contribution in [3.63, 3.8) is 0 Å². The van der Waals surface area contributed by atoms with Crippen LogP contribution in [-0.4, -0.2) is 10.8 Å². The zero-order chi connectivity index (χ0) is 9.14. The Kier molecular flexibility index (Phi) is 2.50. The number of rotatable bonds is 2. The van der Waals surface area contributed by atoms with Crippen LogP contribution in [0.25, 0.3) is 0 Å². The Morgan fingerprint density at radius 3 is 2.92 bits per heavy atom. The largest absolute Gasteiger partial charge is 0.316 e. The molecule has 0 radical (unpaired) electrons. The number of halogens is 1. The predicted octanol–water partition coefficient (Wildman–Crippen LogP) is 0.809. The van der Waals surface area contributed by atoms with Gasteiger partial charge in [-0.3, -0.25) is 9.78 Å². The van der Waals surface area contributed by atoms with Crippen LogP contribution in [0.15, 0.2) is 18.3 Å². The second-order valence-corrected chi connectivity index (χ2v) is 2.46. The van der Waals surface area contributed by atoms with Gasteiger partial charge in [-0.2, -0.15) is 0 Å².